The highest BCUT2D eigenvalue weighted by Gasteiger charge is 2.16. The van der Waals surface area contributed by atoms with E-state index in [1.807, 2.05) is 12.1 Å². The molecule has 0 spiro atoms. The average Bonchev–Trinajstić information content (AvgIpc) is 3.07. The smallest absolute Gasteiger partial charge is 0.248 e. The Morgan fingerprint density at radius 2 is 1.96 bits per heavy atom. The summed E-state index contributed by atoms with van der Waals surface area (Å²) < 4.78 is 13.2. The Balaban J connectivity index is 1.75. The first-order chi connectivity index (χ1) is 11.6. The van der Waals surface area contributed by atoms with E-state index in [9.17, 15) is 9.18 Å². The van der Waals surface area contributed by atoms with Gasteiger partial charge in [0.15, 0.2) is 0 Å². The Labute approximate surface area is 145 Å². The van der Waals surface area contributed by atoms with Gasteiger partial charge in [-0.1, -0.05) is 23.7 Å². The number of rotatable bonds is 4. The zero-order valence-electron chi connectivity index (χ0n) is 13.1. The molecule has 0 radical (unpaired) electrons. The van der Waals surface area contributed by atoms with Crippen molar-refractivity contribution in [3.8, 4) is 0 Å². The fourth-order valence-corrected chi connectivity index (χ4v) is 2.97. The monoisotopic (exact) mass is 344 g/mol. The number of hydrogen-bond acceptors (Lipinski definition) is 2. The molecule has 0 bridgehead atoms. The zero-order chi connectivity index (χ0) is 16.9. The van der Waals surface area contributed by atoms with E-state index in [1.165, 1.54) is 18.2 Å². The standard InChI is InChI=1S/C19H18ClFN2O/c20-15-7-8-18(23-10-1-2-11-23)17(13-15)22-19(24)9-6-14-4-3-5-16(21)12-14/h3-9,12-13H,1-2,10-11H2,(H,22,24)/b9-6+. The number of carbonyl (C=O) groups excluding carboxylic acids is 1. The van der Waals surface area contributed by atoms with Gasteiger partial charge in [0, 0.05) is 24.2 Å². The summed E-state index contributed by atoms with van der Waals surface area (Å²) in [6.07, 6.45) is 5.27. The predicted molar refractivity (Wildman–Crippen MR) is 97.0 cm³/mol. The van der Waals surface area contributed by atoms with Crippen molar-refractivity contribution in [2.24, 2.45) is 0 Å². The summed E-state index contributed by atoms with van der Waals surface area (Å²) in [7, 11) is 0. The van der Waals surface area contributed by atoms with Crippen LogP contribution in [0.3, 0.4) is 0 Å². The van der Waals surface area contributed by atoms with E-state index in [0.29, 0.717) is 16.3 Å². The molecule has 1 N–H and O–H groups in total. The number of nitrogens with zero attached hydrogens (tertiary/aromatic N) is 1. The lowest BCUT2D eigenvalue weighted by Crippen LogP contribution is -2.20. The van der Waals surface area contributed by atoms with Gasteiger partial charge >= 0.3 is 0 Å². The number of carbonyl (C=O) groups is 1. The first kappa shape index (κ1) is 16.5. The van der Waals surface area contributed by atoms with Crippen molar-refractivity contribution in [2.75, 3.05) is 23.3 Å². The highest BCUT2D eigenvalue weighted by Crippen LogP contribution is 2.31. The van der Waals surface area contributed by atoms with E-state index >= 15 is 0 Å². The second-order valence-electron chi connectivity index (χ2n) is 5.73. The summed E-state index contributed by atoms with van der Waals surface area (Å²) in [6, 6.07) is 11.6. The Hall–Kier alpha value is -2.33. The molecule has 24 heavy (non-hydrogen) atoms. The molecule has 1 amide bonds. The molecule has 0 aliphatic carbocycles. The van der Waals surface area contributed by atoms with Crippen LogP contribution >= 0.6 is 11.6 Å². The summed E-state index contributed by atoms with van der Waals surface area (Å²) in [5.74, 6) is -0.606. The van der Waals surface area contributed by atoms with E-state index in [4.69, 9.17) is 11.6 Å². The predicted octanol–water partition coefficient (Wildman–Crippen LogP) is 4.73. The van der Waals surface area contributed by atoms with E-state index in [1.54, 1.807) is 24.3 Å². The first-order valence-electron chi connectivity index (χ1n) is 7.91. The molecule has 0 atom stereocenters. The molecule has 1 heterocycles. The van der Waals surface area contributed by atoms with Crippen LogP contribution in [0.4, 0.5) is 15.8 Å². The maximum Gasteiger partial charge on any atom is 0.248 e. The summed E-state index contributed by atoms with van der Waals surface area (Å²) >= 11 is 6.07. The summed E-state index contributed by atoms with van der Waals surface area (Å²) in [5, 5.41) is 3.44. The lowest BCUT2D eigenvalue weighted by molar-refractivity contribution is -0.111. The topological polar surface area (TPSA) is 32.3 Å². The highest BCUT2D eigenvalue weighted by atomic mass is 35.5. The minimum absolute atomic E-state index is 0.276. The molecule has 1 saturated heterocycles. The maximum atomic E-state index is 13.2. The number of nitrogens with one attached hydrogen (secondary N) is 1. The van der Waals surface area contributed by atoms with Gasteiger partial charge in [0.2, 0.25) is 5.91 Å². The molecular weight excluding hydrogens is 327 g/mol. The van der Waals surface area contributed by atoms with E-state index < -0.39 is 0 Å². The van der Waals surface area contributed by atoms with Gasteiger partial charge < -0.3 is 10.2 Å². The minimum atomic E-state index is -0.330. The van der Waals surface area contributed by atoms with Crippen molar-refractivity contribution in [1.29, 1.82) is 0 Å². The Morgan fingerprint density at radius 1 is 1.17 bits per heavy atom. The molecule has 0 aromatic heterocycles. The van der Waals surface area contributed by atoms with Gasteiger partial charge in [-0.3, -0.25) is 4.79 Å². The molecule has 0 saturated carbocycles. The van der Waals surface area contributed by atoms with Crippen LogP contribution in [-0.2, 0) is 4.79 Å². The Kier molecular flexibility index (Phi) is 5.16. The number of amides is 1. The van der Waals surface area contributed by atoms with E-state index in [2.05, 4.69) is 10.2 Å². The van der Waals surface area contributed by atoms with Crippen LogP contribution in [0, 0.1) is 5.82 Å². The van der Waals surface area contributed by atoms with Crippen molar-refractivity contribution in [2.45, 2.75) is 12.8 Å². The molecule has 3 rings (SSSR count). The maximum absolute atomic E-state index is 13.2. The number of hydrogen-bond donors (Lipinski definition) is 1. The van der Waals surface area contributed by atoms with Crippen molar-refractivity contribution in [3.63, 3.8) is 0 Å². The molecular formula is C19H18ClFN2O. The van der Waals surface area contributed by atoms with Gasteiger partial charge in [0.05, 0.1) is 11.4 Å². The molecule has 124 valence electrons. The summed E-state index contributed by atoms with van der Waals surface area (Å²) in [5.41, 5.74) is 2.30. The highest BCUT2D eigenvalue weighted by molar-refractivity contribution is 6.31. The van der Waals surface area contributed by atoms with Crippen LogP contribution < -0.4 is 10.2 Å². The summed E-state index contributed by atoms with van der Waals surface area (Å²) in [4.78, 5) is 14.4. The number of halogens is 2. The Morgan fingerprint density at radius 3 is 2.71 bits per heavy atom. The van der Waals surface area contributed by atoms with Gasteiger partial charge in [0.25, 0.3) is 0 Å². The second-order valence-corrected chi connectivity index (χ2v) is 6.17. The van der Waals surface area contributed by atoms with Gasteiger partial charge in [-0.05, 0) is 54.8 Å². The van der Waals surface area contributed by atoms with Crippen LogP contribution in [-0.4, -0.2) is 19.0 Å². The Bertz CT molecular complexity index is 770. The lowest BCUT2D eigenvalue weighted by atomic mass is 10.2. The molecule has 2 aromatic carbocycles. The third kappa shape index (κ3) is 4.15. The van der Waals surface area contributed by atoms with E-state index in [-0.39, 0.29) is 11.7 Å². The second kappa shape index (κ2) is 7.49. The van der Waals surface area contributed by atoms with Crippen molar-refractivity contribution < 1.29 is 9.18 Å². The van der Waals surface area contributed by atoms with Crippen molar-refractivity contribution >= 4 is 35.0 Å². The van der Waals surface area contributed by atoms with Gasteiger partial charge in [0.1, 0.15) is 5.82 Å². The van der Waals surface area contributed by atoms with Crippen molar-refractivity contribution in [1.82, 2.24) is 0 Å². The van der Waals surface area contributed by atoms with Crippen molar-refractivity contribution in [3.05, 3.63) is 64.9 Å². The molecule has 5 heteroatoms. The van der Waals surface area contributed by atoms with Crippen LogP contribution in [0.1, 0.15) is 18.4 Å². The van der Waals surface area contributed by atoms with Gasteiger partial charge in [-0.25, -0.2) is 4.39 Å². The third-order valence-electron chi connectivity index (χ3n) is 3.94. The normalized spacial score (nSPS) is 14.3. The fourth-order valence-electron chi connectivity index (χ4n) is 2.80. The van der Waals surface area contributed by atoms with E-state index in [0.717, 1.165) is 31.6 Å². The van der Waals surface area contributed by atoms with Crippen LogP contribution in [0.2, 0.25) is 5.02 Å². The molecule has 1 aliphatic heterocycles. The molecule has 1 fully saturated rings. The van der Waals surface area contributed by atoms with Gasteiger partial charge in [-0.2, -0.15) is 0 Å². The zero-order valence-corrected chi connectivity index (χ0v) is 13.9. The molecule has 2 aromatic rings. The number of benzene rings is 2. The molecule has 1 aliphatic rings. The SMILES string of the molecule is O=C(/C=C/c1cccc(F)c1)Nc1cc(Cl)ccc1N1CCCC1. The lowest BCUT2D eigenvalue weighted by Gasteiger charge is -2.21. The summed E-state index contributed by atoms with van der Waals surface area (Å²) in [6.45, 7) is 1.95. The third-order valence-corrected chi connectivity index (χ3v) is 4.17. The number of anilines is 2. The van der Waals surface area contributed by atoms with Crippen LogP contribution in [0.5, 0.6) is 0 Å². The quantitative estimate of drug-likeness (QED) is 0.813. The first-order valence-corrected chi connectivity index (χ1v) is 8.29. The largest absolute Gasteiger partial charge is 0.370 e. The fraction of sp³-hybridized carbons (Fsp3) is 0.211. The molecule has 0 unspecified atom stereocenters. The molecule has 3 nitrogen and oxygen atoms in total. The minimum Gasteiger partial charge on any atom is -0.370 e. The van der Waals surface area contributed by atoms with Crippen LogP contribution in [0.15, 0.2) is 48.5 Å². The van der Waals surface area contributed by atoms with Crippen LogP contribution in [0.25, 0.3) is 6.08 Å². The van der Waals surface area contributed by atoms with Gasteiger partial charge in [-0.15, -0.1) is 0 Å². The average molecular weight is 345 g/mol.